The van der Waals surface area contributed by atoms with Crippen molar-refractivity contribution in [2.45, 2.75) is 63.9 Å². The van der Waals surface area contributed by atoms with Gasteiger partial charge in [-0.05, 0) is 111 Å². The first-order chi connectivity index (χ1) is 16.4. The molecule has 2 aliphatic carbocycles. The molecule has 2 fully saturated rings. The third kappa shape index (κ3) is 6.02. The molecule has 0 spiro atoms. The molecule has 4 unspecified atom stereocenters. The van der Waals surface area contributed by atoms with Crippen LogP contribution in [-0.2, 0) is 0 Å². The molecule has 4 rings (SSSR count). The summed E-state index contributed by atoms with van der Waals surface area (Å²) in [5, 5.41) is 0. The number of fused-ring (bicyclic) bond motifs is 1. The summed E-state index contributed by atoms with van der Waals surface area (Å²) in [6.07, 6.45) is 11.2. The number of ether oxygens (including phenoxy) is 2. The van der Waals surface area contributed by atoms with Gasteiger partial charge >= 0.3 is 12.6 Å². The molecule has 2 saturated carbocycles. The molecule has 2 aromatic rings. The molecule has 3 nitrogen and oxygen atoms in total. The van der Waals surface area contributed by atoms with E-state index in [0.717, 1.165) is 37.5 Å². The second-order valence-electron chi connectivity index (χ2n) is 9.55. The summed E-state index contributed by atoms with van der Waals surface area (Å²) in [6, 6.07) is 9.82. The van der Waals surface area contributed by atoms with E-state index in [-0.39, 0.29) is 28.8 Å². The van der Waals surface area contributed by atoms with Crippen molar-refractivity contribution in [3.05, 3.63) is 72.1 Å². The van der Waals surface area contributed by atoms with Gasteiger partial charge in [0.25, 0.3) is 0 Å². The molecular weight excluding hydrogens is 441 g/mol. The van der Waals surface area contributed by atoms with Crippen molar-refractivity contribution in [1.29, 1.82) is 0 Å². The van der Waals surface area contributed by atoms with Crippen LogP contribution in [0.2, 0.25) is 0 Å². The molecule has 6 heteroatoms. The highest BCUT2D eigenvalue weighted by Gasteiger charge is 2.36. The molecular formula is C28H31F3O3. The topological polar surface area (TPSA) is 35.5 Å². The lowest BCUT2D eigenvalue weighted by Gasteiger charge is -2.42. The molecule has 182 valence electrons. The fourth-order valence-corrected chi connectivity index (χ4v) is 5.72. The van der Waals surface area contributed by atoms with Crippen LogP contribution in [0.4, 0.5) is 13.2 Å². The summed E-state index contributed by atoms with van der Waals surface area (Å²) < 4.78 is 49.1. The first-order valence-electron chi connectivity index (χ1n) is 12.1. The van der Waals surface area contributed by atoms with Crippen molar-refractivity contribution in [2.24, 2.45) is 17.8 Å². The fourth-order valence-electron chi connectivity index (χ4n) is 5.72. The number of hydrogen-bond donors (Lipinski definition) is 0. The van der Waals surface area contributed by atoms with Crippen LogP contribution in [0, 0.1) is 23.6 Å². The first kappa shape index (κ1) is 24.4. The maximum Gasteiger partial charge on any atom is 0.387 e. The van der Waals surface area contributed by atoms with E-state index in [1.807, 2.05) is 6.08 Å². The molecule has 0 heterocycles. The highest BCUT2D eigenvalue weighted by molar-refractivity contribution is 5.91. The van der Waals surface area contributed by atoms with Crippen molar-refractivity contribution in [3.8, 4) is 11.5 Å². The van der Waals surface area contributed by atoms with E-state index < -0.39 is 12.6 Å². The Bertz CT molecular complexity index is 989. The van der Waals surface area contributed by atoms with Gasteiger partial charge in [0.15, 0.2) is 0 Å². The summed E-state index contributed by atoms with van der Waals surface area (Å²) in [4.78, 5) is 12.5. The Labute approximate surface area is 199 Å². The van der Waals surface area contributed by atoms with Crippen LogP contribution >= 0.6 is 0 Å². The molecule has 2 aromatic carbocycles. The standard InChI is InChI=1S/C28H31F3O3/c1-2-3-4-18-5-6-20-16-21(8-7-19(20)15-18)25-14-9-22(17-26(25)29)27(32)33-23-10-12-24(13-11-23)34-28(30)31/h2,9-14,17-21,28H,1,3-8,15-16H2. The number of esters is 1. The van der Waals surface area contributed by atoms with Crippen LogP contribution in [0.5, 0.6) is 11.5 Å². The van der Waals surface area contributed by atoms with Crippen molar-refractivity contribution in [2.75, 3.05) is 0 Å². The Balaban J connectivity index is 1.35. The largest absolute Gasteiger partial charge is 0.435 e. The molecule has 2 aliphatic rings. The zero-order valence-corrected chi connectivity index (χ0v) is 19.2. The normalized spacial score (nSPS) is 24.4. The quantitative estimate of drug-likeness (QED) is 0.222. The number of allylic oxidation sites excluding steroid dienone is 1. The number of halogens is 3. The van der Waals surface area contributed by atoms with Gasteiger partial charge in [-0.2, -0.15) is 8.78 Å². The highest BCUT2D eigenvalue weighted by atomic mass is 19.3. The van der Waals surface area contributed by atoms with Crippen molar-refractivity contribution in [3.63, 3.8) is 0 Å². The Kier molecular flexibility index (Phi) is 7.96. The molecule has 0 saturated heterocycles. The average molecular weight is 473 g/mol. The van der Waals surface area contributed by atoms with Gasteiger partial charge in [-0.15, -0.1) is 6.58 Å². The molecule has 0 aliphatic heterocycles. The molecule has 0 aromatic heterocycles. The number of benzene rings is 2. The number of hydrogen-bond acceptors (Lipinski definition) is 3. The van der Waals surface area contributed by atoms with Crippen LogP contribution in [0.25, 0.3) is 0 Å². The van der Waals surface area contributed by atoms with E-state index in [1.54, 1.807) is 12.1 Å². The molecule has 34 heavy (non-hydrogen) atoms. The van der Waals surface area contributed by atoms with Crippen molar-refractivity contribution >= 4 is 5.97 Å². The minimum absolute atomic E-state index is 0.0369. The fraction of sp³-hybridized carbons (Fsp3) is 0.464. The van der Waals surface area contributed by atoms with E-state index >= 15 is 4.39 Å². The van der Waals surface area contributed by atoms with Gasteiger partial charge in [-0.1, -0.05) is 18.6 Å². The molecule has 0 bridgehead atoms. The predicted octanol–water partition coefficient (Wildman–Crippen LogP) is 7.91. The lowest BCUT2D eigenvalue weighted by atomic mass is 9.63. The van der Waals surface area contributed by atoms with Gasteiger partial charge in [0.1, 0.15) is 17.3 Å². The van der Waals surface area contributed by atoms with E-state index in [1.165, 1.54) is 56.0 Å². The van der Waals surface area contributed by atoms with Gasteiger partial charge in [0, 0.05) is 0 Å². The molecule has 4 atom stereocenters. The molecule has 0 radical (unpaired) electrons. The Morgan fingerprint density at radius 3 is 2.41 bits per heavy atom. The Hall–Kier alpha value is -2.76. The zero-order valence-electron chi connectivity index (χ0n) is 19.2. The van der Waals surface area contributed by atoms with Gasteiger partial charge in [0.05, 0.1) is 5.56 Å². The summed E-state index contributed by atoms with van der Waals surface area (Å²) in [7, 11) is 0. The first-order valence-corrected chi connectivity index (χ1v) is 12.1. The average Bonchev–Trinajstić information content (AvgIpc) is 2.83. The van der Waals surface area contributed by atoms with Crippen molar-refractivity contribution < 1.29 is 27.4 Å². The number of carbonyl (C=O) groups excluding carboxylic acids is 1. The number of carbonyl (C=O) groups is 1. The number of rotatable bonds is 8. The second-order valence-corrected chi connectivity index (χ2v) is 9.55. The summed E-state index contributed by atoms with van der Waals surface area (Å²) >= 11 is 0. The van der Waals surface area contributed by atoms with E-state index in [4.69, 9.17) is 4.74 Å². The van der Waals surface area contributed by atoms with Crippen molar-refractivity contribution in [1.82, 2.24) is 0 Å². The summed E-state index contributed by atoms with van der Waals surface area (Å²) in [5.74, 6) is 1.43. The lowest BCUT2D eigenvalue weighted by molar-refractivity contribution is -0.0498. The molecule has 0 N–H and O–H groups in total. The van der Waals surface area contributed by atoms with E-state index in [0.29, 0.717) is 11.5 Å². The zero-order chi connectivity index (χ0) is 24.1. The Morgan fingerprint density at radius 2 is 1.71 bits per heavy atom. The van der Waals surface area contributed by atoms with E-state index in [2.05, 4.69) is 11.3 Å². The third-order valence-corrected chi connectivity index (χ3v) is 7.44. The Morgan fingerprint density at radius 1 is 1.00 bits per heavy atom. The van der Waals surface area contributed by atoms with Gasteiger partial charge in [-0.3, -0.25) is 0 Å². The third-order valence-electron chi connectivity index (χ3n) is 7.44. The monoisotopic (exact) mass is 472 g/mol. The summed E-state index contributed by atoms with van der Waals surface area (Å²) in [5.41, 5.74) is 0.794. The predicted molar refractivity (Wildman–Crippen MR) is 125 cm³/mol. The number of alkyl halides is 2. The smallest absolute Gasteiger partial charge is 0.387 e. The lowest BCUT2D eigenvalue weighted by Crippen LogP contribution is -2.30. The second kappa shape index (κ2) is 11.1. The van der Waals surface area contributed by atoms with Crippen LogP contribution in [0.15, 0.2) is 55.1 Å². The van der Waals surface area contributed by atoms with Gasteiger partial charge in [-0.25, -0.2) is 9.18 Å². The van der Waals surface area contributed by atoms with E-state index in [9.17, 15) is 13.6 Å². The van der Waals surface area contributed by atoms with Gasteiger partial charge in [0.2, 0.25) is 0 Å². The maximum absolute atomic E-state index is 15.0. The minimum atomic E-state index is -2.93. The summed E-state index contributed by atoms with van der Waals surface area (Å²) in [6.45, 7) is 0.907. The molecule has 0 amide bonds. The minimum Gasteiger partial charge on any atom is -0.435 e. The van der Waals surface area contributed by atoms with Crippen LogP contribution in [0.1, 0.15) is 73.2 Å². The maximum atomic E-state index is 15.0. The SMILES string of the molecule is C=CCCC1CCC2CC(c3ccc(C(=O)Oc4ccc(OC(F)F)cc4)cc3F)CCC2C1. The van der Waals surface area contributed by atoms with Crippen LogP contribution in [-0.4, -0.2) is 12.6 Å². The van der Waals surface area contributed by atoms with Crippen LogP contribution < -0.4 is 9.47 Å². The van der Waals surface area contributed by atoms with Crippen LogP contribution in [0.3, 0.4) is 0 Å². The van der Waals surface area contributed by atoms with Gasteiger partial charge < -0.3 is 9.47 Å². The highest BCUT2D eigenvalue weighted by Crippen LogP contribution is 2.48.